The van der Waals surface area contributed by atoms with Gasteiger partial charge in [0.05, 0.1) is 7.11 Å². The summed E-state index contributed by atoms with van der Waals surface area (Å²) in [6, 6.07) is 0. The number of carbonyl (C=O) groups excluding carboxylic acids is 2. The Balaban J connectivity index is 3.52. The van der Waals surface area contributed by atoms with E-state index in [0.29, 0.717) is 19.3 Å². The molecule has 1 unspecified atom stereocenters. The Bertz CT molecular complexity index is 336. The second kappa shape index (κ2) is 15.7. The summed E-state index contributed by atoms with van der Waals surface area (Å²) in [4.78, 5) is 22.7. The van der Waals surface area contributed by atoms with Crippen molar-refractivity contribution in [3.05, 3.63) is 12.2 Å². The largest absolute Gasteiger partial charge is 0.469 e. The molecule has 1 N–H and O–H groups in total. The molecule has 0 bridgehead atoms. The molecule has 23 heavy (non-hydrogen) atoms. The van der Waals surface area contributed by atoms with Gasteiger partial charge in [0.2, 0.25) is 0 Å². The van der Waals surface area contributed by atoms with Crippen LogP contribution in [0.25, 0.3) is 0 Å². The number of methoxy groups -OCH3 is 1. The molecule has 0 spiro atoms. The summed E-state index contributed by atoms with van der Waals surface area (Å²) in [5.74, 6) is -0.240. The molecule has 0 rings (SSSR count). The molecule has 4 heteroatoms. The minimum absolute atomic E-state index is 0.0811. The Morgan fingerprint density at radius 1 is 1.00 bits per heavy atom. The summed E-state index contributed by atoms with van der Waals surface area (Å²) in [6.07, 6.45) is 13.8. The van der Waals surface area contributed by atoms with Gasteiger partial charge < -0.3 is 9.84 Å². The third-order valence-corrected chi connectivity index (χ3v) is 3.92. The molecule has 0 aliphatic carbocycles. The van der Waals surface area contributed by atoms with E-state index in [1.54, 1.807) is 0 Å². The quantitative estimate of drug-likeness (QED) is 0.276. The van der Waals surface area contributed by atoms with Crippen molar-refractivity contribution < 1.29 is 19.4 Å². The van der Waals surface area contributed by atoms with Gasteiger partial charge in [0.15, 0.2) is 5.78 Å². The lowest BCUT2D eigenvalue weighted by Gasteiger charge is -2.08. The Labute approximate surface area is 141 Å². The Kier molecular flexibility index (Phi) is 14.9. The van der Waals surface area contributed by atoms with Gasteiger partial charge in [-0.15, -0.1) is 0 Å². The van der Waals surface area contributed by atoms with E-state index in [0.717, 1.165) is 38.5 Å². The molecule has 0 aliphatic rings. The van der Waals surface area contributed by atoms with E-state index in [1.165, 1.54) is 26.4 Å². The average molecular weight is 326 g/mol. The predicted molar refractivity (Wildman–Crippen MR) is 93.2 cm³/mol. The van der Waals surface area contributed by atoms with Crippen molar-refractivity contribution >= 4 is 11.8 Å². The van der Waals surface area contributed by atoms with Gasteiger partial charge >= 0.3 is 5.97 Å². The number of ether oxygens (including phenoxy) is 1. The molecule has 1 atom stereocenters. The fourth-order valence-electron chi connectivity index (χ4n) is 2.37. The van der Waals surface area contributed by atoms with Crippen molar-refractivity contribution in [2.24, 2.45) is 0 Å². The number of Topliss-reactive ketones (excluding diaryl/α,β-unsaturated/α-hetero) is 1. The van der Waals surface area contributed by atoms with Gasteiger partial charge in [0, 0.05) is 12.8 Å². The first-order chi connectivity index (χ1) is 11.1. The second-order valence-electron chi connectivity index (χ2n) is 6.04. The number of carbonyl (C=O) groups is 2. The highest BCUT2D eigenvalue weighted by atomic mass is 16.5. The first-order valence-electron chi connectivity index (χ1n) is 9.04. The van der Waals surface area contributed by atoms with Crippen LogP contribution in [-0.4, -0.2) is 30.1 Å². The minimum Gasteiger partial charge on any atom is -0.469 e. The topological polar surface area (TPSA) is 63.6 Å². The normalized spacial score (nSPS) is 12.5. The lowest BCUT2D eigenvalue weighted by molar-refractivity contribution is -0.140. The number of allylic oxidation sites excluding steroid dienone is 2. The minimum atomic E-state index is -0.828. The number of hydrogen-bond donors (Lipinski definition) is 1. The van der Waals surface area contributed by atoms with Crippen molar-refractivity contribution in [2.75, 3.05) is 7.11 Å². The van der Waals surface area contributed by atoms with Crippen molar-refractivity contribution in [1.29, 1.82) is 0 Å². The molecule has 0 fully saturated rings. The highest BCUT2D eigenvalue weighted by Gasteiger charge is 2.12. The van der Waals surface area contributed by atoms with Gasteiger partial charge in [0.25, 0.3) is 0 Å². The van der Waals surface area contributed by atoms with Gasteiger partial charge in [0.1, 0.15) is 6.10 Å². The zero-order valence-corrected chi connectivity index (χ0v) is 14.9. The van der Waals surface area contributed by atoms with Crippen LogP contribution in [0, 0.1) is 0 Å². The van der Waals surface area contributed by atoms with E-state index in [4.69, 9.17) is 0 Å². The lowest BCUT2D eigenvalue weighted by atomic mass is 10.0. The molecule has 0 saturated carbocycles. The van der Waals surface area contributed by atoms with Crippen LogP contribution in [0.15, 0.2) is 12.2 Å². The van der Waals surface area contributed by atoms with E-state index < -0.39 is 6.10 Å². The monoisotopic (exact) mass is 326 g/mol. The molecular formula is C19H34O4. The first kappa shape index (κ1) is 21.8. The molecule has 0 saturated heterocycles. The highest BCUT2D eigenvalue weighted by molar-refractivity contribution is 5.84. The van der Waals surface area contributed by atoms with E-state index in [-0.39, 0.29) is 11.8 Å². The fraction of sp³-hybridized carbons (Fsp3) is 0.789. The zero-order chi connectivity index (χ0) is 17.3. The first-order valence-corrected chi connectivity index (χ1v) is 9.04. The number of rotatable bonds is 15. The molecular weight excluding hydrogens is 292 g/mol. The van der Waals surface area contributed by atoms with Crippen LogP contribution < -0.4 is 0 Å². The predicted octanol–water partition coefficient (Wildman–Crippen LogP) is 4.35. The van der Waals surface area contributed by atoms with Crippen LogP contribution in [-0.2, 0) is 14.3 Å². The Hall–Kier alpha value is -1.16. The summed E-state index contributed by atoms with van der Waals surface area (Å²) >= 11 is 0. The van der Waals surface area contributed by atoms with Crippen molar-refractivity contribution in [3.8, 4) is 0 Å². The number of aliphatic hydroxyl groups is 1. The maximum atomic E-state index is 11.8. The van der Waals surface area contributed by atoms with Crippen LogP contribution in [0.2, 0.25) is 0 Å². The zero-order valence-electron chi connectivity index (χ0n) is 14.9. The summed E-state index contributed by atoms with van der Waals surface area (Å²) < 4.78 is 4.58. The van der Waals surface area contributed by atoms with Crippen molar-refractivity contribution in [3.63, 3.8) is 0 Å². The maximum Gasteiger partial charge on any atom is 0.305 e. The molecule has 0 aromatic heterocycles. The van der Waals surface area contributed by atoms with Gasteiger partial charge in [-0.05, 0) is 25.7 Å². The lowest BCUT2D eigenvalue weighted by Crippen LogP contribution is -2.19. The highest BCUT2D eigenvalue weighted by Crippen LogP contribution is 2.10. The summed E-state index contributed by atoms with van der Waals surface area (Å²) in [7, 11) is 1.40. The van der Waals surface area contributed by atoms with Crippen molar-refractivity contribution in [1.82, 2.24) is 0 Å². The molecule has 0 aromatic carbocycles. The van der Waals surface area contributed by atoms with Crippen LogP contribution in [0.5, 0.6) is 0 Å². The van der Waals surface area contributed by atoms with Gasteiger partial charge in [-0.3, -0.25) is 9.59 Å². The number of esters is 1. The summed E-state index contributed by atoms with van der Waals surface area (Å²) in [6.45, 7) is 2.17. The van der Waals surface area contributed by atoms with E-state index in [9.17, 15) is 14.7 Å². The number of aliphatic hydroxyl groups excluding tert-OH is 1. The van der Waals surface area contributed by atoms with Crippen LogP contribution in [0.1, 0.15) is 84.0 Å². The molecule has 4 nitrogen and oxygen atoms in total. The SMILES string of the molecule is CCCCC/C=C\CC(=O)C(O)CCCCCCCC(=O)OC. The van der Waals surface area contributed by atoms with E-state index in [1.807, 2.05) is 12.2 Å². The Morgan fingerprint density at radius 3 is 2.39 bits per heavy atom. The molecule has 0 amide bonds. The summed E-state index contributed by atoms with van der Waals surface area (Å²) in [5.41, 5.74) is 0. The third kappa shape index (κ3) is 14.2. The second-order valence-corrected chi connectivity index (χ2v) is 6.04. The van der Waals surface area contributed by atoms with Gasteiger partial charge in [-0.2, -0.15) is 0 Å². The van der Waals surface area contributed by atoms with Crippen LogP contribution in [0.3, 0.4) is 0 Å². The molecule has 0 aliphatic heterocycles. The van der Waals surface area contributed by atoms with Gasteiger partial charge in [-0.25, -0.2) is 0 Å². The molecule has 0 heterocycles. The molecule has 134 valence electrons. The fourth-order valence-corrected chi connectivity index (χ4v) is 2.37. The van der Waals surface area contributed by atoms with Gasteiger partial charge in [-0.1, -0.05) is 57.6 Å². The number of unbranched alkanes of at least 4 members (excludes halogenated alkanes) is 7. The third-order valence-electron chi connectivity index (χ3n) is 3.92. The standard InChI is InChI=1S/C19H34O4/c1-3-4-5-6-8-11-14-17(20)18(21)15-12-9-7-10-13-16-19(22)23-2/h8,11,18,21H,3-7,9-10,12-16H2,1-2H3/b11-8-. The van der Waals surface area contributed by atoms with E-state index >= 15 is 0 Å². The Morgan fingerprint density at radius 2 is 1.70 bits per heavy atom. The van der Waals surface area contributed by atoms with Crippen molar-refractivity contribution in [2.45, 2.75) is 90.1 Å². The summed E-state index contributed by atoms with van der Waals surface area (Å²) in [5, 5.41) is 9.82. The van der Waals surface area contributed by atoms with Crippen LogP contribution in [0.4, 0.5) is 0 Å². The van der Waals surface area contributed by atoms with Crippen LogP contribution >= 0.6 is 0 Å². The smallest absolute Gasteiger partial charge is 0.305 e. The number of ketones is 1. The average Bonchev–Trinajstić information content (AvgIpc) is 2.56. The number of hydrogen-bond acceptors (Lipinski definition) is 4. The molecule has 0 aromatic rings. The molecule has 0 radical (unpaired) electrons. The maximum absolute atomic E-state index is 11.8. The van der Waals surface area contributed by atoms with E-state index in [2.05, 4.69) is 11.7 Å².